The van der Waals surface area contributed by atoms with Crippen molar-refractivity contribution in [3.63, 3.8) is 0 Å². The predicted octanol–water partition coefficient (Wildman–Crippen LogP) is 4.69. The molecule has 2 aromatic carbocycles. The van der Waals surface area contributed by atoms with Gasteiger partial charge < -0.3 is 24.9 Å². The van der Waals surface area contributed by atoms with Crippen LogP contribution < -0.4 is 10.6 Å². The van der Waals surface area contributed by atoms with Crippen molar-refractivity contribution in [3.05, 3.63) is 83.3 Å². The Morgan fingerprint density at radius 1 is 1.00 bits per heavy atom. The number of carbonyl (C=O) groups is 3. The van der Waals surface area contributed by atoms with Crippen LogP contribution >= 0.6 is 0 Å². The van der Waals surface area contributed by atoms with E-state index in [2.05, 4.69) is 34.9 Å². The first-order valence-electron chi connectivity index (χ1n) is 11.7. The van der Waals surface area contributed by atoms with Gasteiger partial charge in [-0.05, 0) is 40.8 Å². The van der Waals surface area contributed by atoms with Gasteiger partial charge in [0, 0.05) is 12.0 Å². The van der Waals surface area contributed by atoms with Gasteiger partial charge in [0.2, 0.25) is 0 Å². The number of hydrogen-bond acceptors (Lipinski definition) is 5. The van der Waals surface area contributed by atoms with Crippen LogP contribution in [0.1, 0.15) is 59.5 Å². The molecule has 8 nitrogen and oxygen atoms in total. The maximum Gasteiger partial charge on any atom is 0.407 e. The number of fused-ring (bicyclic) bond motifs is 3. The van der Waals surface area contributed by atoms with Gasteiger partial charge in [-0.15, -0.1) is 0 Å². The van der Waals surface area contributed by atoms with Gasteiger partial charge in [-0.1, -0.05) is 61.9 Å². The summed E-state index contributed by atoms with van der Waals surface area (Å²) in [5.41, 5.74) is 4.57. The molecule has 1 aliphatic rings. The molecule has 1 unspecified atom stereocenters. The molecule has 35 heavy (non-hydrogen) atoms. The number of ether oxygens (including phenoxy) is 1. The molecular weight excluding hydrogens is 448 g/mol. The Labute approximate surface area is 203 Å². The monoisotopic (exact) mass is 476 g/mol. The van der Waals surface area contributed by atoms with Crippen LogP contribution in [0.5, 0.6) is 0 Å². The summed E-state index contributed by atoms with van der Waals surface area (Å²) in [5.74, 6) is -1.06. The standard InChI is InChI=1S/C27H28N2O6/c1-2-7-17(14-25(30)31)29-26(32)24-13-12-18(35-24)15-28-27(33)34-16-23-21-10-5-3-8-19(21)20-9-4-6-11-22(20)23/h3-6,8-13,17,23H,2,7,14-16H2,1H3,(H,28,33)(H,29,32)(H,30,31). The van der Waals surface area contributed by atoms with Gasteiger partial charge in [0.05, 0.1) is 13.0 Å². The van der Waals surface area contributed by atoms with E-state index >= 15 is 0 Å². The fourth-order valence-corrected chi connectivity index (χ4v) is 4.44. The Bertz CT molecular complexity index is 1170. The van der Waals surface area contributed by atoms with Crippen LogP contribution in [0.25, 0.3) is 11.1 Å². The molecule has 3 aromatic rings. The average Bonchev–Trinajstić information content (AvgIpc) is 3.44. The lowest BCUT2D eigenvalue weighted by Gasteiger charge is -2.15. The summed E-state index contributed by atoms with van der Waals surface area (Å²) in [6.45, 7) is 2.17. The van der Waals surface area contributed by atoms with Crippen molar-refractivity contribution in [2.24, 2.45) is 0 Å². The van der Waals surface area contributed by atoms with Crippen molar-refractivity contribution in [2.75, 3.05) is 6.61 Å². The molecule has 1 heterocycles. The molecule has 8 heteroatoms. The smallest absolute Gasteiger partial charge is 0.407 e. The molecule has 1 aliphatic carbocycles. The third-order valence-electron chi connectivity index (χ3n) is 6.03. The lowest BCUT2D eigenvalue weighted by Crippen LogP contribution is -2.36. The molecular formula is C27H28N2O6. The highest BCUT2D eigenvalue weighted by Gasteiger charge is 2.29. The van der Waals surface area contributed by atoms with Gasteiger partial charge in [0.15, 0.2) is 5.76 Å². The maximum atomic E-state index is 12.4. The molecule has 0 radical (unpaired) electrons. The molecule has 0 spiro atoms. The van der Waals surface area contributed by atoms with Crippen LogP contribution in [0.15, 0.2) is 65.1 Å². The second-order valence-electron chi connectivity index (χ2n) is 8.50. The van der Waals surface area contributed by atoms with Gasteiger partial charge in [0.25, 0.3) is 5.91 Å². The summed E-state index contributed by atoms with van der Waals surface area (Å²) in [6.07, 6.45) is 0.552. The molecule has 3 N–H and O–H groups in total. The van der Waals surface area contributed by atoms with Crippen LogP contribution in [0.4, 0.5) is 4.79 Å². The summed E-state index contributed by atoms with van der Waals surface area (Å²) in [6, 6.07) is 18.8. The van der Waals surface area contributed by atoms with E-state index in [0.717, 1.165) is 28.7 Å². The van der Waals surface area contributed by atoms with Gasteiger partial charge in [0.1, 0.15) is 12.4 Å². The molecule has 0 aliphatic heterocycles. The Hall–Kier alpha value is -4.07. The zero-order valence-corrected chi connectivity index (χ0v) is 19.5. The van der Waals surface area contributed by atoms with Gasteiger partial charge in [-0.25, -0.2) is 4.79 Å². The quantitative estimate of drug-likeness (QED) is 0.391. The number of rotatable bonds is 10. The van der Waals surface area contributed by atoms with Gasteiger partial charge in [-0.2, -0.15) is 0 Å². The summed E-state index contributed by atoms with van der Waals surface area (Å²) in [4.78, 5) is 35.7. The van der Waals surface area contributed by atoms with Crippen molar-refractivity contribution >= 4 is 18.0 Å². The molecule has 0 saturated heterocycles. The van der Waals surface area contributed by atoms with E-state index in [1.807, 2.05) is 31.2 Å². The summed E-state index contributed by atoms with van der Waals surface area (Å²) < 4.78 is 11.0. The van der Waals surface area contributed by atoms with Crippen LogP contribution in [0.3, 0.4) is 0 Å². The number of benzene rings is 2. The van der Waals surface area contributed by atoms with Crippen molar-refractivity contribution in [3.8, 4) is 11.1 Å². The third-order valence-corrected chi connectivity index (χ3v) is 6.03. The number of aliphatic carboxylic acids is 1. The Morgan fingerprint density at radius 2 is 1.66 bits per heavy atom. The number of carbonyl (C=O) groups excluding carboxylic acids is 2. The Balaban J connectivity index is 1.29. The fraction of sp³-hybridized carbons (Fsp3) is 0.296. The van der Waals surface area contributed by atoms with Crippen LogP contribution in [-0.4, -0.2) is 35.7 Å². The molecule has 1 aromatic heterocycles. The van der Waals surface area contributed by atoms with Gasteiger partial charge in [-0.3, -0.25) is 9.59 Å². The fourth-order valence-electron chi connectivity index (χ4n) is 4.44. The zero-order chi connectivity index (χ0) is 24.8. The molecule has 1 atom stereocenters. The van der Waals surface area contributed by atoms with Crippen molar-refractivity contribution < 1.29 is 28.6 Å². The number of carboxylic acids is 1. The highest BCUT2D eigenvalue weighted by molar-refractivity contribution is 5.92. The molecule has 2 amide bonds. The highest BCUT2D eigenvalue weighted by atomic mass is 16.5. The molecule has 0 bridgehead atoms. The van der Waals surface area contributed by atoms with E-state index in [0.29, 0.717) is 12.2 Å². The van der Waals surface area contributed by atoms with E-state index in [1.54, 1.807) is 6.07 Å². The number of furan rings is 1. The number of hydrogen-bond donors (Lipinski definition) is 3. The topological polar surface area (TPSA) is 118 Å². The number of nitrogens with one attached hydrogen (secondary N) is 2. The van der Waals surface area contributed by atoms with Crippen molar-refractivity contribution in [1.29, 1.82) is 0 Å². The second kappa shape index (κ2) is 10.9. The normalized spacial score (nSPS) is 12.9. The lowest BCUT2D eigenvalue weighted by atomic mass is 9.98. The van der Waals surface area contributed by atoms with E-state index < -0.39 is 24.0 Å². The zero-order valence-electron chi connectivity index (χ0n) is 19.5. The van der Waals surface area contributed by atoms with Crippen molar-refractivity contribution in [2.45, 2.75) is 44.7 Å². The van der Waals surface area contributed by atoms with Gasteiger partial charge >= 0.3 is 12.1 Å². The largest absolute Gasteiger partial charge is 0.481 e. The third kappa shape index (κ3) is 5.71. The average molecular weight is 477 g/mol. The first-order chi connectivity index (χ1) is 17.0. The van der Waals surface area contributed by atoms with Crippen LogP contribution in [0, 0.1) is 0 Å². The first-order valence-corrected chi connectivity index (χ1v) is 11.7. The van der Waals surface area contributed by atoms with E-state index in [9.17, 15) is 14.4 Å². The molecule has 0 fully saturated rings. The van der Waals surface area contributed by atoms with Crippen molar-refractivity contribution in [1.82, 2.24) is 10.6 Å². The summed E-state index contributed by atoms with van der Waals surface area (Å²) in [5, 5.41) is 14.3. The maximum absolute atomic E-state index is 12.4. The van der Waals surface area contributed by atoms with E-state index in [4.69, 9.17) is 14.3 Å². The first kappa shape index (κ1) is 24.1. The minimum Gasteiger partial charge on any atom is -0.481 e. The van der Waals surface area contributed by atoms with Crippen LogP contribution in [0.2, 0.25) is 0 Å². The predicted molar refractivity (Wildman–Crippen MR) is 129 cm³/mol. The Kier molecular flexibility index (Phi) is 7.50. The molecule has 4 rings (SSSR count). The van der Waals surface area contributed by atoms with E-state index in [1.165, 1.54) is 6.07 Å². The minimum absolute atomic E-state index is 0.0334. The number of alkyl carbamates (subject to hydrolysis) is 1. The summed E-state index contributed by atoms with van der Waals surface area (Å²) >= 11 is 0. The Morgan fingerprint density at radius 3 is 2.29 bits per heavy atom. The highest BCUT2D eigenvalue weighted by Crippen LogP contribution is 2.44. The SMILES string of the molecule is CCCC(CC(=O)O)NC(=O)c1ccc(CNC(=O)OCC2c3ccccc3-c3ccccc32)o1. The minimum atomic E-state index is -0.976. The summed E-state index contributed by atoms with van der Waals surface area (Å²) in [7, 11) is 0. The van der Waals surface area contributed by atoms with E-state index in [-0.39, 0.29) is 31.3 Å². The lowest BCUT2D eigenvalue weighted by molar-refractivity contribution is -0.137. The number of amides is 2. The molecule has 0 saturated carbocycles. The molecule has 182 valence electrons. The number of carboxylic acid groups (broad SMARTS) is 1. The van der Waals surface area contributed by atoms with Crippen LogP contribution in [-0.2, 0) is 16.1 Å². The second-order valence-corrected chi connectivity index (χ2v) is 8.50.